The molecular formula is C24H19F3N2O3. The minimum atomic E-state index is -4.38. The highest BCUT2D eigenvalue weighted by Crippen LogP contribution is 2.30. The van der Waals surface area contributed by atoms with Crippen LogP contribution in [0.5, 0.6) is 6.01 Å². The number of alkyl halides is 3. The lowest BCUT2D eigenvalue weighted by Crippen LogP contribution is -2.16. The van der Waals surface area contributed by atoms with Gasteiger partial charge in [-0.25, -0.2) is 0 Å². The Labute approximate surface area is 181 Å². The van der Waals surface area contributed by atoms with E-state index in [2.05, 4.69) is 9.97 Å². The molecule has 3 aromatic carbocycles. The predicted octanol–water partition coefficient (Wildman–Crippen LogP) is 5.39. The zero-order valence-corrected chi connectivity index (χ0v) is 17.0. The maximum atomic E-state index is 12.7. The lowest BCUT2D eigenvalue weighted by molar-refractivity contribution is -0.137. The van der Waals surface area contributed by atoms with E-state index in [0.717, 1.165) is 17.7 Å². The van der Waals surface area contributed by atoms with Gasteiger partial charge < -0.3 is 14.8 Å². The Bertz CT molecular complexity index is 1260. The van der Waals surface area contributed by atoms with Gasteiger partial charge in [0.25, 0.3) is 6.01 Å². The van der Waals surface area contributed by atoms with Gasteiger partial charge >= 0.3 is 6.18 Å². The van der Waals surface area contributed by atoms with Crippen LogP contribution in [0.3, 0.4) is 0 Å². The molecule has 1 aromatic heterocycles. The van der Waals surface area contributed by atoms with Crippen LogP contribution < -0.4 is 4.74 Å². The molecule has 32 heavy (non-hydrogen) atoms. The smallest absolute Gasteiger partial charge is 0.416 e. The van der Waals surface area contributed by atoms with Crippen molar-refractivity contribution in [2.45, 2.75) is 25.8 Å². The maximum Gasteiger partial charge on any atom is 0.416 e. The summed E-state index contributed by atoms with van der Waals surface area (Å²) < 4.78 is 43.6. The molecule has 0 saturated heterocycles. The molecule has 8 heteroatoms. The van der Waals surface area contributed by atoms with Gasteiger partial charge in [-0.15, -0.1) is 0 Å². The number of aliphatic hydroxyl groups excluding tert-OH is 1. The first-order valence-electron chi connectivity index (χ1n) is 9.83. The monoisotopic (exact) mass is 440 g/mol. The molecule has 0 saturated carbocycles. The summed E-state index contributed by atoms with van der Waals surface area (Å²) in [5, 5.41) is 9.69. The van der Waals surface area contributed by atoms with E-state index in [-0.39, 0.29) is 18.4 Å². The summed E-state index contributed by atoms with van der Waals surface area (Å²) in [7, 11) is 0. The maximum absolute atomic E-state index is 12.7. The Morgan fingerprint density at radius 2 is 1.81 bits per heavy atom. The molecule has 0 amide bonds. The van der Waals surface area contributed by atoms with E-state index >= 15 is 0 Å². The fraction of sp³-hybridized carbons (Fsp3) is 0.167. The second kappa shape index (κ2) is 8.47. The number of ether oxygens (including phenoxy) is 1. The van der Waals surface area contributed by atoms with E-state index in [1.165, 1.54) is 19.1 Å². The fourth-order valence-electron chi connectivity index (χ4n) is 3.34. The van der Waals surface area contributed by atoms with Gasteiger partial charge in [-0.2, -0.15) is 18.2 Å². The standard InChI is InChI=1S/C24H19F3N2O3/c1-14(30)22(31)19-5-3-2-4-18(19)16-8-11-20-21(12-16)29-23(28-20)32-13-15-6-9-17(10-7-15)24(25,26)27/h2-12,14,30H,13H2,1H3,(H,28,29). The molecule has 0 radical (unpaired) electrons. The van der Waals surface area contributed by atoms with E-state index in [4.69, 9.17) is 4.74 Å². The van der Waals surface area contributed by atoms with Crippen LogP contribution in [-0.2, 0) is 12.8 Å². The first kappa shape index (κ1) is 21.6. The van der Waals surface area contributed by atoms with Crippen LogP contribution in [0, 0.1) is 0 Å². The summed E-state index contributed by atoms with van der Waals surface area (Å²) in [5.41, 5.74) is 3.03. The van der Waals surface area contributed by atoms with Crippen molar-refractivity contribution in [1.29, 1.82) is 0 Å². The third kappa shape index (κ3) is 4.50. The fourth-order valence-corrected chi connectivity index (χ4v) is 3.34. The van der Waals surface area contributed by atoms with Crippen LogP contribution in [0.15, 0.2) is 66.7 Å². The van der Waals surface area contributed by atoms with E-state index in [1.807, 2.05) is 18.2 Å². The number of carbonyl (C=O) groups is 1. The van der Waals surface area contributed by atoms with Crippen molar-refractivity contribution in [2.75, 3.05) is 0 Å². The number of nitrogens with one attached hydrogen (secondary N) is 1. The summed E-state index contributed by atoms with van der Waals surface area (Å²) in [6.45, 7) is 1.48. The number of benzene rings is 3. The number of fused-ring (bicyclic) bond motifs is 1. The highest BCUT2D eigenvalue weighted by Gasteiger charge is 2.29. The van der Waals surface area contributed by atoms with Gasteiger partial charge in [0.2, 0.25) is 0 Å². The molecule has 1 heterocycles. The highest BCUT2D eigenvalue weighted by molar-refractivity contribution is 6.05. The third-order valence-electron chi connectivity index (χ3n) is 5.00. The van der Waals surface area contributed by atoms with Gasteiger partial charge in [-0.05, 0) is 47.9 Å². The lowest BCUT2D eigenvalue weighted by Gasteiger charge is -2.10. The number of aromatic amines is 1. The Morgan fingerprint density at radius 3 is 2.50 bits per heavy atom. The van der Waals surface area contributed by atoms with E-state index in [9.17, 15) is 23.1 Å². The average Bonchev–Trinajstić information content (AvgIpc) is 3.19. The molecule has 1 unspecified atom stereocenters. The zero-order chi connectivity index (χ0) is 22.9. The Balaban J connectivity index is 1.55. The van der Waals surface area contributed by atoms with Crippen LogP contribution in [-0.4, -0.2) is 27.0 Å². The molecule has 0 aliphatic rings. The van der Waals surface area contributed by atoms with Crippen LogP contribution in [0.4, 0.5) is 13.2 Å². The molecule has 2 N–H and O–H groups in total. The largest absolute Gasteiger partial charge is 0.460 e. The summed E-state index contributed by atoms with van der Waals surface area (Å²) in [4.78, 5) is 19.7. The van der Waals surface area contributed by atoms with Gasteiger partial charge in [0.15, 0.2) is 5.78 Å². The van der Waals surface area contributed by atoms with Crippen LogP contribution in [0.25, 0.3) is 22.2 Å². The number of H-pyrrole nitrogens is 1. The minimum Gasteiger partial charge on any atom is -0.460 e. The number of nitrogens with zero attached hydrogens (tertiary/aromatic N) is 1. The second-order valence-corrected chi connectivity index (χ2v) is 7.34. The van der Waals surface area contributed by atoms with Gasteiger partial charge in [-0.3, -0.25) is 4.79 Å². The number of aromatic nitrogens is 2. The van der Waals surface area contributed by atoms with Gasteiger partial charge in [-0.1, -0.05) is 42.5 Å². The van der Waals surface area contributed by atoms with Crippen molar-refractivity contribution >= 4 is 16.8 Å². The number of aliphatic hydroxyl groups is 1. The van der Waals surface area contributed by atoms with Crippen molar-refractivity contribution in [1.82, 2.24) is 9.97 Å². The Hall–Kier alpha value is -3.65. The molecule has 0 fully saturated rings. The number of hydrogen-bond acceptors (Lipinski definition) is 4. The Morgan fingerprint density at radius 1 is 1.09 bits per heavy atom. The SMILES string of the molecule is CC(O)C(=O)c1ccccc1-c1ccc2nc(OCc3ccc(C(F)(F)F)cc3)[nH]c2c1. The number of carbonyl (C=O) groups excluding carboxylic acids is 1. The molecule has 4 rings (SSSR count). The topological polar surface area (TPSA) is 75.2 Å². The quantitative estimate of drug-likeness (QED) is 0.394. The van der Waals surface area contributed by atoms with Crippen molar-refractivity contribution < 1.29 is 27.8 Å². The molecule has 0 spiro atoms. The average molecular weight is 440 g/mol. The number of ketones is 1. The first-order valence-corrected chi connectivity index (χ1v) is 9.83. The van der Waals surface area contributed by atoms with Crippen molar-refractivity contribution in [3.05, 3.63) is 83.4 Å². The van der Waals surface area contributed by atoms with E-state index < -0.39 is 17.8 Å². The molecule has 5 nitrogen and oxygen atoms in total. The summed E-state index contributed by atoms with van der Waals surface area (Å²) >= 11 is 0. The summed E-state index contributed by atoms with van der Waals surface area (Å²) in [6.07, 6.45) is -5.49. The zero-order valence-electron chi connectivity index (χ0n) is 17.0. The summed E-state index contributed by atoms with van der Waals surface area (Å²) in [6, 6.07) is 17.4. The lowest BCUT2D eigenvalue weighted by atomic mass is 9.95. The Kier molecular flexibility index (Phi) is 5.71. The molecule has 0 aliphatic carbocycles. The first-order chi connectivity index (χ1) is 15.2. The number of halogens is 3. The minimum absolute atomic E-state index is 0.0521. The summed E-state index contributed by atoms with van der Waals surface area (Å²) in [5.74, 6) is -0.370. The second-order valence-electron chi connectivity index (χ2n) is 7.34. The number of imidazole rings is 1. The van der Waals surface area contributed by atoms with Crippen molar-refractivity contribution in [3.8, 4) is 17.1 Å². The molecule has 4 aromatic rings. The predicted molar refractivity (Wildman–Crippen MR) is 113 cm³/mol. The van der Waals surface area contributed by atoms with Crippen LogP contribution in [0.2, 0.25) is 0 Å². The molecule has 0 aliphatic heterocycles. The molecule has 0 bridgehead atoms. The third-order valence-corrected chi connectivity index (χ3v) is 5.00. The van der Waals surface area contributed by atoms with Crippen LogP contribution in [0.1, 0.15) is 28.4 Å². The number of Topliss-reactive ketones (excluding diaryl/α,β-unsaturated/α-hetero) is 1. The highest BCUT2D eigenvalue weighted by atomic mass is 19.4. The number of rotatable bonds is 6. The number of hydrogen-bond donors (Lipinski definition) is 2. The van der Waals surface area contributed by atoms with Gasteiger partial charge in [0, 0.05) is 5.56 Å². The van der Waals surface area contributed by atoms with Gasteiger partial charge in [0.1, 0.15) is 12.7 Å². The molecular weight excluding hydrogens is 421 g/mol. The van der Waals surface area contributed by atoms with Crippen molar-refractivity contribution in [3.63, 3.8) is 0 Å². The molecule has 164 valence electrons. The van der Waals surface area contributed by atoms with E-state index in [0.29, 0.717) is 27.7 Å². The van der Waals surface area contributed by atoms with E-state index in [1.54, 1.807) is 24.3 Å². The molecule has 1 atom stereocenters. The van der Waals surface area contributed by atoms with Gasteiger partial charge in [0.05, 0.1) is 16.6 Å². The van der Waals surface area contributed by atoms with Crippen LogP contribution >= 0.6 is 0 Å². The normalized spacial score (nSPS) is 12.7. The van der Waals surface area contributed by atoms with Crippen molar-refractivity contribution in [2.24, 2.45) is 0 Å².